The number of likely N-dealkylation sites (tertiary alicyclic amines) is 1. The monoisotopic (exact) mass is 799 g/mol. The number of aromatic nitrogens is 2. The van der Waals surface area contributed by atoms with Crippen LogP contribution in [0.1, 0.15) is 70.6 Å². The van der Waals surface area contributed by atoms with E-state index in [1.54, 1.807) is 41.3 Å². The summed E-state index contributed by atoms with van der Waals surface area (Å²) in [6.07, 6.45) is 8.84. The van der Waals surface area contributed by atoms with Gasteiger partial charge in [0.15, 0.2) is 5.82 Å². The molecule has 3 aromatic rings. The van der Waals surface area contributed by atoms with Gasteiger partial charge in [0.25, 0.3) is 0 Å². The van der Waals surface area contributed by atoms with Crippen molar-refractivity contribution in [1.82, 2.24) is 25.5 Å². The van der Waals surface area contributed by atoms with Crippen molar-refractivity contribution >= 4 is 46.8 Å². The molecule has 14 nitrogen and oxygen atoms in total. The van der Waals surface area contributed by atoms with E-state index >= 15 is 4.39 Å². The molecule has 5 heterocycles. The van der Waals surface area contributed by atoms with Gasteiger partial charge < -0.3 is 30.5 Å². The third-order valence-corrected chi connectivity index (χ3v) is 12.3. The molecule has 4 amide bonds. The molecule has 8 rings (SSSR count). The van der Waals surface area contributed by atoms with Gasteiger partial charge in [-0.1, -0.05) is 12.1 Å². The highest BCUT2D eigenvalue weighted by Crippen LogP contribution is 2.32. The van der Waals surface area contributed by atoms with E-state index in [2.05, 4.69) is 41.0 Å². The normalized spacial score (nSPS) is 23.9. The molecule has 0 radical (unpaired) electrons. The zero-order valence-electron chi connectivity index (χ0n) is 32.6. The highest BCUT2D eigenvalue weighted by Gasteiger charge is 2.33. The molecule has 0 unspecified atom stereocenters. The molecule has 58 heavy (non-hydrogen) atoms. The van der Waals surface area contributed by atoms with Gasteiger partial charge in [-0.05, 0) is 108 Å². The maximum absolute atomic E-state index is 15.2. The summed E-state index contributed by atoms with van der Waals surface area (Å²) < 4.78 is 35.4. The van der Waals surface area contributed by atoms with E-state index in [-0.39, 0.29) is 53.7 Å². The lowest BCUT2D eigenvalue weighted by Crippen LogP contribution is -2.50. The Morgan fingerprint density at radius 3 is 2.34 bits per heavy atom. The van der Waals surface area contributed by atoms with Gasteiger partial charge in [0, 0.05) is 67.0 Å². The number of imide groups is 1. The minimum absolute atomic E-state index is 0.0151. The molecule has 1 aliphatic carbocycles. The number of hydrogen-bond acceptors (Lipinski definition) is 11. The van der Waals surface area contributed by atoms with Gasteiger partial charge in [0.2, 0.25) is 23.7 Å². The number of piperidine rings is 3. The number of ether oxygens (including phenoxy) is 1. The number of nitrogens with zero attached hydrogens (tertiary/aromatic N) is 5. The molecule has 5 fully saturated rings. The number of benzene rings is 2. The summed E-state index contributed by atoms with van der Waals surface area (Å²) in [4.78, 5) is 64.0. The van der Waals surface area contributed by atoms with Gasteiger partial charge in [0.1, 0.15) is 17.6 Å². The quantitative estimate of drug-likeness (QED) is 0.200. The first-order valence-electron chi connectivity index (χ1n) is 20.7. The lowest BCUT2D eigenvalue weighted by molar-refractivity contribution is -0.133. The van der Waals surface area contributed by atoms with E-state index in [1.807, 2.05) is 0 Å². The molecular weight excluding hydrogens is 749 g/mol. The Kier molecular flexibility index (Phi) is 12.0. The predicted octanol–water partition coefficient (Wildman–Crippen LogP) is 5.21. The van der Waals surface area contributed by atoms with Gasteiger partial charge in [-0.2, -0.15) is 0 Å². The zero-order valence-corrected chi connectivity index (χ0v) is 32.6. The van der Waals surface area contributed by atoms with Gasteiger partial charge in [-0.25, -0.2) is 23.5 Å². The summed E-state index contributed by atoms with van der Waals surface area (Å²) in [5.41, 5.74) is 2.38. The van der Waals surface area contributed by atoms with Crippen molar-refractivity contribution in [1.29, 1.82) is 0 Å². The number of amides is 4. The minimum atomic E-state index is -0.563. The third-order valence-electron chi connectivity index (χ3n) is 12.3. The maximum atomic E-state index is 15.2. The summed E-state index contributed by atoms with van der Waals surface area (Å²) in [6, 6.07) is 12.0. The fourth-order valence-electron chi connectivity index (χ4n) is 9.01. The molecule has 0 spiro atoms. The van der Waals surface area contributed by atoms with Crippen LogP contribution in [-0.4, -0.2) is 102 Å². The number of carbonyl (C=O) groups excluding carboxylic acids is 4. The molecule has 1 aromatic heterocycles. The van der Waals surface area contributed by atoms with Crippen LogP contribution in [0.2, 0.25) is 0 Å². The zero-order chi connectivity index (χ0) is 40.2. The Morgan fingerprint density at radius 2 is 1.60 bits per heavy atom. The second kappa shape index (κ2) is 17.6. The van der Waals surface area contributed by atoms with Gasteiger partial charge in [-0.3, -0.25) is 24.6 Å². The number of cyclic esters (lactones) is 1. The average Bonchev–Trinajstić information content (AvgIpc) is 3.24. The van der Waals surface area contributed by atoms with Gasteiger partial charge in [-0.15, -0.1) is 0 Å². The molecule has 16 heteroatoms. The lowest BCUT2D eigenvalue weighted by atomic mass is 9.89. The number of hydrogen-bond donors (Lipinski definition) is 4. The van der Waals surface area contributed by atoms with E-state index in [0.717, 1.165) is 84.0 Å². The van der Waals surface area contributed by atoms with Crippen LogP contribution in [0.4, 0.5) is 36.6 Å². The van der Waals surface area contributed by atoms with Crippen molar-refractivity contribution in [3.63, 3.8) is 0 Å². The summed E-state index contributed by atoms with van der Waals surface area (Å²) >= 11 is 0. The van der Waals surface area contributed by atoms with E-state index in [1.165, 1.54) is 12.3 Å². The van der Waals surface area contributed by atoms with Crippen molar-refractivity contribution < 1.29 is 32.7 Å². The Hall–Kier alpha value is -5.38. The summed E-state index contributed by atoms with van der Waals surface area (Å²) in [5, 5.41) is 12.1. The number of rotatable bonds is 10. The van der Waals surface area contributed by atoms with E-state index in [0.29, 0.717) is 54.2 Å². The lowest BCUT2D eigenvalue weighted by Gasteiger charge is -2.42. The van der Waals surface area contributed by atoms with Gasteiger partial charge >= 0.3 is 6.09 Å². The van der Waals surface area contributed by atoms with Crippen LogP contribution in [0.3, 0.4) is 0 Å². The Labute approximate surface area is 336 Å². The molecule has 2 aromatic carbocycles. The predicted molar refractivity (Wildman–Crippen MR) is 214 cm³/mol. The van der Waals surface area contributed by atoms with Crippen LogP contribution in [0.15, 0.2) is 48.7 Å². The number of nitrogens with one attached hydrogen (secondary N) is 4. The van der Waals surface area contributed by atoms with Crippen molar-refractivity contribution in [2.45, 2.75) is 94.8 Å². The maximum Gasteiger partial charge on any atom is 0.414 e. The molecular formula is C42H51F2N9O5. The van der Waals surface area contributed by atoms with Crippen LogP contribution in [0.25, 0.3) is 11.3 Å². The van der Waals surface area contributed by atoms with Gasteiger partial charge in [0.05, 0.1) is 18.5 Å². The highest BCUT2D eigenvalue weighted by molar-refractivity contribution is 6.01. The van der Waals surface area contributed by atoms with Crippen molar-refractivity contribution in [2.24, 2.45) is 5.92 Å². The first-order chi connectivity index (χ1) is 28.2. The third kappa shape index (κ3) is 9.16. The first-order valence-corrected chi connectivity index (χ1v) is 20.7. The Morgan fingerprint density at radius 1 is 0.828 bits per heavy atom. The molecule has 4 saturated heterocycles. The fraction of sp³-hybridized carbons (Fsp3) is 0.524. The number of carbonyl (C=O) groups is 4. The summed E-state index contributed by atoms with van der Waals surface area (Å²) in [6.45, 7) is 4.13. The summed E-state index contributed by atoms with van der Waals surface area (Å²) in [5.74, 6) is -1.12. The topological polar surface area (TPSA) is 161 Å². The average molecular weight is 800 g/mol. The highest BCUT2D eigenvalue weighted by atomic mass is 19.1. The molecule has 0 bridgehead atoms. The van der Waals surface area contributed by atoms with Crippen molar-refractivity contribution in [2.75, 3.05) is 59.8 Å². The second-order valence-corrected chi connectivity index (χ2v) is 16.1. The Balaban J connectivity index is 0.754. The molecule has 308 valence electrons. The van der Waals surface area contributed by atoms with E-state index in [4.69, 9.17) is 4.74 Å². The summed E-state index contributed by atoms with van der Waals surface area (Å²) in [7, 11) is 0. The number of anilines is 4. The molecule has 5 aliphatic rings. The minimum Gasteiger partial charge on any atom is -0.449 e. The standard InChI is InChI=1S/C42H51F2N9O5/c43-33-24-30(46-35-10-12-37(54)49-40(35)56)9-11-36(33)52-20-15-31(16-21-52)51-18-13-26(14-19-51)39(55)47-28-5-7-29(8-6-28)48-41-45-25-34(44)38(50-41)27-3-1-4-32(23-27)53-17-2-22-58-42(53)57/h1,3-4,9,11,23-26,28-29,31,35,46H,2,5-8,10,12-22H2,(H,47,55)(H,45,48,50)(H,49,54,56)/t28-,29-,35-/m1/s1. The van der Waals surface area contributed by atoms with Crippen molar-refractivity contribution in [3.8, 4) is 11.3 Å². The van der Waals surface area contributed by atoms with E-state index < -0.39 is 18.0 Å². The number of halogens is 2. The second-order valence-electron chi connectivity index (χ2n) is 16.1. The van der Waals surface area contributed by atoms with Crippen LogP contribution in [0.5, 0.6) is 0 Å². The van der Waals surface area contributed by atoms with E-state index in [9.17, 15) is 23.6 Å². The molecule has 4 aliphatic heterocycles. The fourth-order valence-corrected chi connectivity index (χ4v) is 9.01. The molecule has 1 atom stereocenters. The van der Waals surface area contributed by atoms with Crippen LogP contribution < -0.4 is 31.1 Å². The first kappa shape index (κ1) is 39.4. The largest absolute Gasteiger partial charge is 0.449 e. The molecule has 1 saturated carbocycles. The van der Waals surface area contributed by atoms with Crippen LogP contribution >= 0.6 is 0 Å². The van der Waals surface area contributed by atoms with Crippen LogP contribution in [0, 0.1) is 17.6 Å². The smallest absolute Gasteiger partial charge is 0.414 e. The van der Waals surface area contributed by atoms with Crippen molar-refractivity contribution in [3.05, 3.63) is 60.3 Å². The van der Waals surface area contributed by atoms with Crippen LogP contribution in [-0.2, 0) is 19.1 Å². The molecule has 4 N–H and O–H groups in total. The Bertz CT molecular complexity index is 2000. The SMILES string of the molecule is O=C1CC[C@@H](Nc2ccc(N3CCC(N4CCC(C(=O)N[C@H]5CC[C@H](Nc6ncc(F)c(-c7cccc(N8CCCOC8=O)c7)n6)CC5)CC4)CC3)c(F)c2)C(=O)N1.